The molecule has 0 unspecified atom stereocenters. The minimum absolute atomic E-state index is 0.0726. The standard InChI is InChI=1S/C20H44O4SSi2/c1-13-25-18-15(21)17(24-27(11,12)20(6,7)8)16(14(2)22-18)23-26(9,10)19(3,4)5/h14-18,21H,13H2,1-12H3/t14-,15-,16+,17-,18+/m0/s1. The first-order valence-corrected chi connectivity index (χ1v) is 17.1. The summed E-state index contributed by atoms with van der Waals surface area (Å²) in [6, 6.07) is 0. The van der Waals surface area contributed by atoms with Gasteiger partial charge in [-0.1, -0.05) is 48.5 Å². The molecule has 0 aromatic heterocycles. The zero-order chi connectivity index (χ0) is 21.4. The molecule has 4 nitrogen and oxygen atoms in total. The van der Waals surface area contributed by atoms with Gasteiger partial charge >= 0.3 is 0 Å². The third-order valence-corrected chi connectivity index (χ3v) is 16.6. The van der Waals surface area contributed by atoms with E-state index in [2.05, 4.69) is 81.6 Å². The maximum Gasteiger partial charge on any atom is 0.192 e. The lowest BCUT2D eigenvalue weighted by Crippen LogP contribution is -2.64. The molecule has 162 valence electrons. The van der Waals surface area contributed by atoms with Gasteiger partial charge in [-0.25, -0.2) is 0 Å². The fourth-order valence-corrected chi connectivity index (χ4v) is 6.22. The zero-order valence-electron chi connectivity index (χ0n) is 19.7. The van der Waals surface area contributed by atoms with E-state index >= 15 is 0 Å². The lowest BCUT2D eigenvalue weighted by molar-refractivity contribution is -0.182. The van der Waals surface area contributed by atoms with Gasteiger partial charge in [-0.15, -0.1) is 11.8 Å². The first-order chi connectivity index (χ1) is 11.9. The fourth-order valence-electron chi connectivity index (χ4n) is 2.62. The lowest BCUT2D eigenvalue weighted by Gasteiger charge is -2.51. The van der Waals surface area contributed by atoms with Crippen LogP contribution in [-0.2, 0) is 13.6 Å². The van der Waals surface area contributed by atoms with Crippen molar-refractivity contribution >= 4 is 28.4 Å². The maximum atomic E-state index is 11.2. The normalized spacial score (nSPS) is 31.2. The molecular formula is C20H44O4SSi2. The molecule has 1 rings (SSSR count). The van der Waals surface area contributed by atoms with Gasteiger partial charge in [-0.2, -0.15) is 0 Å². The Balaban J connectivity index is 3.23. The molecule has 0 aliphatic carbocycles. The van der Waals surface area contributed by atoms with Crippen LogP contribution in [0.4, 0.5) is 0 Å². The average Bonchev–Trinajstić information content (AvgIpc) is 2.45. The second kappa shape index (κ2) is 8.78. The number of aliphatic hydroxyl groups excluding tert-OH is 1. The molecule has 1 saturated heterocycles. The highest BCUT2D eigenvalue weighted by molar-refractivity contribution is 7.99. The van der Waals surface area contributed by atoms with Crippen molar-refractivity contribution in [3.05, 3.63) is 0 Å². The van der Waals surface area contributed by atoms with Gasteiger partial charge in [-0.3, -0.25) is 0 Å². The van der Waals surface area contributed by atoms with Gasteiger partial charge in [0.1, 0.15) is 17.6 Å². The summed E-state index contributed by atoms with van der Waals surface area (Å²) in [5.41, 5.74) is -0.265. The minimum Gasteiger partial charge on any atom is -0.409 e. The van der Waals surface area contributed by atoms with Crippen molar-refractivity contribution in [1.82, 2.24) is 0 Å². The van der Waals surface area contributed by atoms with Gasteiger partial charge in [0.25, 0.3) is 0 Å². The molecule has 1 aliphatic rings. The van der Waals surface area contributed by atoms with Crippen LogP contribution in [0.3, 0.4) is 0 Å². The highest BCUT2D eigenvalue weighted by atomic mass is 32.2. The minimum atomic E-state index is -2.07. The summed E-state index contributed by atoms with van der Waals surface area (Å²) in [5.74, 6) is 0.898. The van der Waals surface area contributed by atoms with Crippen molar-refractivity contribution in [3.63, 3.8) is 0 Å². The second-order valence-electron chi connectivity index (χ2n) is 10.8. The highest BCUT2D eigenvalue weighted by Gasteiger charge is 2.52. The van der Waals surface area contributed by atoms with E-state index in [1.165, 1.54) is 0 Å². The number of hydrogen-bond donors (Lipinski definition) is 1. The van der Waals surface area contributed by atoms with Gasteiger partial charge in [0.15, 0.2) is 16.6 Å². The van der Waals surface area contributed by atoms with Crippen molar-refractivity contribution in [1.29, 1.82) is 0 Å². The average molecular weight is 437 g/mol. The van der Waals surface area contributed by atoms with Gasteiger partial charge < -0.3 is 18.7 Å². The predicted molar refractivity (Wildman–Crippen MR) is 123 cm³/mol. The largest absolute Gasteiger partial charge is 0.409 e. The summed E-state index contributed by atoms with van der Waals surface area (Å²) < 4.78 is 19.7. The zero-order valence-corrected chi connectivity index (χ0v) is 22.5. The van der Waals surface area contributed by atoms with Gasteiger partial charge in [0, 0.05) is 0 Å². The van der Waals surface area contributed by atoms with E-state index in [0.717, 1.165) is 5.75 Å². The van der Waals surface area contributed by atoms with Crippen LogP contribution < -0.4 is 0 Å². The van der Waals surface area contributed by atoms with Crippen molar-refractivity contribution in [2.45, 2.75) is 122 Å². The molecule has 1 aliphatic heterocycles. The van der Waals surface area contributed by atoms with E-state index in [0.29, 0.717) is 0 Å². The van der Waals surface area contributed by atoms with E-state index in [4.69, 9.17) is 13.6 Å². The van der Waals surface area contributed by atoms with E-state index in [1.54, 1.807) is 11.8 Å². The molecule has 0 spiro atoms. The molecule has 7 heteroatoms. The Bertz CT molecular complexity index is 485. The number of thioether (sulfide) groups is 1. The third kappa shape index (κ3) is 6.06. The van der Waals surface area contributed by atoms with Crippen molar-refractivity contribution < 1.29 is 18.7 Å². The van der Waals surface area contributed by atoms with Gasteiger partial charge in [-0.05, 0) is 48.9 Å². The fraction of sp³-hybridized carbons (Fsp3) is 1.00. The van der Waals surface area contributed by atoms with Crippen LogP contribution in [0.5, 0.6) is 0 Å². The van der Waals surface area contributed by atoms with E-state index in [9.17, 15) is 5.11 Å². The molecule has 0 amide bonds. The summed E-state index contributed by atoms with van der Waals surface area (Å²) in [4.78, 5) is 0. The lowest BCUT2D eigenvalue weighted by atomic mass is 10.0. The van der Waals surface area contributed by atoms with Crippen LogP contribution in [-0.4, -0.2) is 57.3 Å². The Kier molecular flexibility index (Phi) is 8.34. The van der Waals surface area contributed by atoms with Crippen molar-refractivity contribution in [2.24, 2.45) is 0 Å². The Labute approximate surface area is 174 Å². The summed E-state index contributed by atoms with van der Waals surface area (Å²) in [6.45, 7) is 26.6. The Morgan fingerprint density at radius 1 is 0.889 bits per heavy atom. The van der Waals surface area contributed by atoms with Gasteiger partial charge in [0.2, 0.25) is 0 Å². The van der Waals surface area contributed by atoms with Crippen molar-refractivity contribution in [2.75, 3.05) is 5.75 Å². The monoisotopic (exact) mass is 436 g/mol. The third-order valence-electron chi connectivity index (χ3n) is 6.56. The number of rotatable bonds is 6. The number of aliphatic hydroxyl groups is 1. The summed E-state index contributed by atoms with van der Waals surface area (Å²) in [7, 11) is -4.10. The first-order valence-electron chi connectivity index (χ1n) is 10.3. The number of ether oxygens (including phenoxy) is 1. The summed E-state index contributed by atoms with van der Waals surface area (Å²) in [6.07, 6.45) is -1.40. The molecule has 5 atom stereocenters. The van der Waals surface area contributed by atoms with Crippen LogP contribution in [0, 0.1) is 0 Å². The second-order valence-corrected chi connectivity index (χ2v) is 21.7. The molecule has 27 heavy (non-hydrogen) atoms. The highest BCUT2D eigenvalue weighted by Crippen LogP contribution is 2.43. The van der Waals surface area contributed by atoms with Crippen LogP contribution in [0.2, 0.25) is 36.3 Å². The van der Waals surface area contributed by atoms with Crippen LogP contribution in [0.25, 0.3) is 0 Å². The van der Waals surface area contributed by atoms with Gasteiger partial charge in [0.05, 0.1) is 12.2 Å². The molecule has 0 bridgehead atoms. The van der Waals surface area contributed by atoms with E-state index < -0.39 is 22.7 Å². The molecule has 0 saturated carbocycles. The summed E-state index contributed by atoms with van der Waals surface area (Å²) >= 11 is 1.65. The topological polar surface area (TPSA) is 47.9 Å². The smallest absolute Gasteiger partial charge is 0.192 e. The van der Waals surface area contributed by atoms with E-state index in [-0.39, 0.29) is 33.8 Å². The molecule has 1 N–H and O–H groups in total. The molecule has 1 fully saturated rings. The molecule has 0 radical (unpaired) electrons. The Hall–Kier alpha value is 0.624. The molecular weight excluding hydrogens is 392 g/mol. The Morgan fingerprint density at radius 2 is 1.30 bits per heavy atom. The SMILES string of the molecule is CCS[C@H]1O[C@@H](C)[C@@H](O[Si](C)(C)C(C)(C)C)[C@@H](O[Si](C)(C)C(C)(C)C)[C@@H]1O. The molecule has 0 aromatic carbocycles. The predicted octanol–water partition coefficient (Wildman–Crippen LogP) is 5.63. The summed E-state index contributed by atoms with van der Waals surface area (Å²) in [5, 5.41) is 11.3. The van der Waals surface area contributed by atoms with E-state index in [1.807, 2.05) is 0 Å². The first kappa shape index (κ1) is 25.7. The Morgan fingerprint density at radius 3 is 1.67 bits per heavy atom. The van der Waals surface area contributed by atoms with Crippen LogP contribution in [0.1, 0.15) is 55.4 Å². The number of hydrogen-bond acceptors (Lipinski definition) is 5. The quantitative estimate of drug-likeness (QED) is 0.547. The van der Waals surface area contributed by atoms with Crippen LogP contribution in [0.15, 0.2) is 0 Å². The van der Waals surface area contributed by atoms with Crippen molar-refractivity contribution in [3.8, 4) is 0 Å². The molecule has 1 heterocycles. The maximum absolute atomic E-state index is 11.2. The molecule has 0 aromatic rings. The van der Waals surface area contributed by atoms with Crippen LogP contribution >= 0.6 is 11.8 Å².